The van der Waals surface area contributed by atoms with Crippen LogP contribution in [0.5, 0.6) is 0 Å². The summed E-state index contributed by atoms with van der Waals surface area (Å²) in [4.78, 5) is 38.7. The Labute approximate surface area is 203 Å². The van der Waals surface area contributed by atoms with Crippen molar-refractivity contribution in [2.75, 3.05) is 10.6 Å². The molecule has 4 rings (SSSR count). The van der Waals surface area contributed by atoms with Crippen LogP contribution in [0.3, 0.4) is 0 Å². The van der Waals surface area contributed by atoms with Gasteiger partial charge in [-0.2, -0.15) is 5.10 Å². The molecule has 7 nitrogen and oxygen atoms in total. The van der Waals surface area contributed by atoms with Crippen molar-refractivity contribution in [1.82, 2.24) is 9.78 Å². The highest BCUT2D eigenvalue weighted by Crippen LogP contribution is 2.20. The summed E-state index contributed by atoms with van der Waals surface area (Å²) in [7, 11) is 0. The minimum atomic E-state index is -0.569. The lowest BCUT2D eigenvalue weighted by molar-refractivity contribution is -0.117. The van der Waals surface area contributed by atoms with Crippen LogP contribution in [0.4, 0.5) is 11.4 Å². The van der Waals surface area contributed by atoms with Crippen LogP contribution in [0.1, 0.15) is 27.0 Å². The van der Waals surface area contributed by atoms with Crippen LogP contribution in [-0.2, 0) is 11.3 Å². The molecule has 4 aromatic rings. The van der Waals surface area contributed by atoms with Gasteiger partial charge in [0.25, 0.3) is 11.5 Å². The first-order valence-corrected chi connectivity index (χ1v) is 11.2. The molecule has 0 atom stereocenters. The van der Waals surface area contributed by atoms with E-state index in [1.807, 2.05) is 63.2 Å². The summed E-state index contributed by atoms with van der Waals surface area (Å²) in [5.74, 6) is -0.820. The fourth-order valence-electron chi connectivity index (χ4n) is 3.54. The number of hydrogen-bond acceptors (Lipinski definition) is 4. The fourth-order valence-corrected chi connectivity index (χ4v) is 3.54. The van der Waals surface area contributed by atoms with E-state index in [0.717, 1.165) is 26.9 Å². The molecule has 0 aliphatic heterocycles. The van der Waals surface area contributed by atoms with E-state index in [1.165, 1.54) is 6.07 Å². The molecule has 1 heterocycles. The van der Waals surface area contributed by atoms with Crippen molar-refractivity contribution in [3.8, 4) is 11.3 Å². The first-order valence-electron chi connectivity index (χ1n) is 11.2. The van der Waals surface area contributed by atoms with Crippen molar-refractivity contribution >= 4 is 23.2 Å². The average Bonchev–Trinajstić information content (AvgIpc) is 2.85. The first kappa shape index (κ1) is 23.6. The normalized spacial score (nSPS) is 10.6. The second-order valence-corrected chi connectivity index (χ2v) is 8.44. The van der Waals surface area contributed by atoms with Gasteiger partial charge >= 0.3 is 0 Å². The number of hydrogen-bond donors (Lipinski definition) is 2. The van der Waals surface area contributed by atoms with Gasteiger partial charge in [-0.3, -0.25) is 14.4 Å². The molecular weight excluding hydrogens is 440 g/mol. The maximum Gasteiger partial charge on any atom is 0.291 e. The Bertz CT molecular complexity index is 1440. The molecule has 0 spiro atoms. The highest BCUT2D eigenvalue weighted by molar-refractivity contribution is 6.04. The van der Waals surface area contributed by atoms with E-state index in [4.69, 9.17) is 0 Å². The molecule has 2 N–H and O–H groups in total. The maximum atomic E-state index is 13.2. The minimum absolute atomic E-state index is 0.0448. The Morgan fingerprint density at radius 3 is 2.23 bits per heavy atom. The van der Waals surface area contributed by atoms with Crippen LogP contribution in [-0.4, -0.2) is 21.6 Å². The lowest BCUT2D eigenvalue weighted by atomic mass is 10.1. The van der Waals surface area contributed by atoms with Gasteiger partial charge in [-0.05, 0) is 62.2 Å². The Balaban J connectivity index is 1.67. The van der Waals surface area contributed by atoms with Crippen LogP contribution >= 0.6 is 0 Å². The van der Waals surface area contributed by atoms with Crippen molar-refractivity contribution in [3.63, 3.8) is 0 Å². The van der Waals surface area contributed by atoms with Crippen LogP contribution in [0, 0.1) is 20.8 Å². The molecule has 35 heavy (non-hydrogen) atoms. The van der Waals surface area contributed by atoms with Gasteiger partial charge in [-0.25, -0.2) is 4.68 Å². The predicted molar refractivity (Wildman–Crippen MR) is 138 cm³/mol. The number of carbonyl (C=O) groups excluding carboxylic acids is 2. The number of aromatic nitrogens is 2. The summed E-state index contributed by atoms with van der Waals surface area (Å²) >= 11 is 0. The van der Waals surface area contributed by atoms with Crippen molar-refractivity contribution in [3.05, 3.63) is 111 Å². The number of nitrogens with zero attached hydrogens (tertiary/aromatic N) is 2. The van der Waals surface area contributed by atoms with Gasteiger partial charge in [-0.15, -0.1) is 0 Å². The molecule has 0 aliphatic carbocycles. The number of carbonyl (C=O) groups is 2. The van der Waals surface area contributed by atoms with Crippen LogP contribution in [0.25, 0.3) is 11.3 Å². The largest absolute Gasteiger partial charge is 0.324 e. The molecule has 0 saturated carbocycles. The van der Waals surface area contributed by atoms with Gasteiger partial charge in [0.05, 0.1) is 5.69 Å². The van der Waals surface area contributed by atoms with E-state index in [0.29, 0.717) is 16.9 Å². The van der Waals surface area contributed by atoms with Crippen molar-refractivity contribution in [1.29, 1.82) is 0 Å². The molecule has 176 valence electrons. The average molecular weight is 467 g/mol. The zero-order chi connectivity index (χ0) is 24.9. The number of nitrogens with one attached hydrogen (secondary N) is 2. The van der Waals surface area contributed by atoms with E-state index in [2.05, 4.69) is 15.7 Å². The Hall–Kier alpha value is -4.52. The number of aryl methyl sites for hydroxylation is 3. The van der Waals surface area contributed by atoms with E-state index in [1.54, 1.807) is 30.3 Å². The Morgan fingerprint density at radius 2 is 1.54 bits per heavy atom. The molecule has 0 radical (unpaired) electrons. The van der Waals surface area contributed by atoms with Gasteiger partial charge < -0.3 is 10.6 Å². The molecule has 0 saturated heterocycles. The van der Waals surface area contributed by atoms with Crippen molar-refractivity contribution < 1.29 is 9.59 Å². The first-order chi connectivity index (χ1) is 16.8. The summed E-state index contributed by atoms with van der Waals surface area (Å²) in [5.41, 5.74) is 4.99. The highest BCUT2D eigenvalue weighted by atomic mass is 16.2. The van der Waals surface area contributed by atoms with Crippen molar-refractivity contribution in [2.45, 2.75) is 27.3 Å². The zero-order valence-electron chi connectivity index (χ0n) is 19.8. The quantitative estimate of drug-likeness (QED) is 0.430. The summed E-state index contributed by atoms with van der Waals surface area (Å²) in [6, 6.07) is 23.4. The maximum absolute atomic E-state index is 13.2. The molecule has 0 aliphatic rings. The van der Waals surface area contributed by atoms with Crippen LogP contribution in [0.15, 0.2) is 83.7 Å². The zero-order valence-corrected chi connectivity index (χ0v) is 19.8. The molecular formula is C28H26N4O3. The molecule has 0 fully saturated rings. The molecule has 0 bridgehead atoms. The highest BCUT2D eigenvalue weighted by Gasteiger charge is 2.16. The number of amides is 2. The summed E-state index contributed by atoms with van der Waals surface area (Å²) in [6.45, 7) is 5.62. The van der Waals surface area contributed by atoms with Crippen LogP contribution in [0.2, 0.25) is 0 Å². The molecule has 2 amide bonds. The molecule has 7 heteroatoms. The minimum Gasteiger partial charge on any atom is -0.324 e. The SMILES string of the molecule is Cc1ccc(-c2cc(NC(=O)c3ccccc3)c(=O)n(CC(=O)Nc3ccc(C)c(C)c3)n2)cc1. The fraction of sp³-hybridized carbons (Fsp3) is 0.143. The van der Waals surface area contributed by atoms with Crippen LogP contribution < -0.4 is 16.2 Å². The standard InChI is InChI=1S/C28H26N4O3/c1-18-9-12-21(13-10-18)24-16-25(30-27(34)22-7-5-4-6-8-22)28(35)32(31-24)17-26(33)29-23-14-11-19(2)20(3)15-23/h4-16H,17H2,1-3H3,(H,29,33)(H,30,34). The second kappa shape index (κ2) is 10.2. The number of anilines is 2. The molecule has 3 aromatic carbocycles. The topological polar surface area (TPSA) is 93.1 Å². The van der Waals surface area contributed by atoms with Gasteiger partial charge in [0.2, 0.25) is 5.91 Å². The summed E-state index contributed by atoms with van der Waals surface area (Å²) in [5, 5.41) is 9.91. The van der Waals surface area contributed by atoms with E-state index >= 15 is 0 Å². The van der Waals surface area contributed by atoms with Gasteiger partial charge in [-0.1, -0.05) is 54.1 Å². The van der Waals surface area contributed by atoms with Gasteiger partial charge in [0.15, 0.2) is 0 Å². The number of rotatable bonds is 6. The lowest BCUT2D eigenvalue weighted by Crippen LogP contribution is -2.32. The Kier molecular flexibility index (Phi) is 6.87. The summed E-state index contributed by atoms with van der Waals surface area (Å²) < 4.78 is 1.08. The van der Waals surface area contributed by atoms with Crippen molar-refractivity contribution in [2.24, 2.45) is 0 Å². The summed E-state index contributed by atoms with van der Waals surface area (Å²) in [6.07, 6.45) is 0. The Morgan fingerprint density at radius 1 is 0.829 bits per heavy atom. The monoisotopic (exact) mass is 466 g/mol. The third-order valence-corrected chi connectivity index (χ3v) is 5.69. The second-order valence-electron chi connectivity index (χ2n) is 8.44. The van der Waals surface area contributed by atoms with Gasteiger partial charge in [0, 0.05) is 16.8 Å². The van der Waals surface area contributed by atoms with Gasteiger partial charge in [0.1, 0.15) is 12.2 Å². The molecule has 0 unspecified atom stereocenters. The molecule has 1 aromatic heterocycles. The number of benzene rings is 3. The van der Waals surface area contributed by atoms with E-state index in [-0.39, 0.29) is 12.2 Å². The van der Waals surface area contributed by atoms with E-state index in [9.17, 15) is 14.4 Å². The third-order valence-electron chi connectivity index (χ3n) is 5.69. The lowest BCUT2D eigenvalue weighted by Gasteiger charge is -2.13. The third kappa shape index (κ3) is 5.70. The van der Waals surface area contributed by atoms with E-state index < -0.39 is 17.4 Å². The predicted octanol–water partition coefficient (Wildman–Crippen LogP) is 4.73. The smallest absolute Gasteiger partial charge is 0.291 e.